The Morgan fingerprint density at radius 1 is 1.03 bits per heavy atom. The highest BCUT2D eigenvalue weighted by atomic mass is 35.5. The average molecular weight is 489 g/mol. The van der Waals surface area contributed by atoms with Crippen molar-refractivity contribution in [3.05, 3.63) is 88.9 Å². The minimum absolute atomic E-state index is 0.0587. The molecule has 4 N–H and O–H groups in total. The van der Waals surface area contributed by atoms with Crippen LogP contribution in [0.4, 0.5) is 17.1 Å². The Morgan fingerprint density at radius 2 is 1.69 bits per heavy atom. The first-order chi connectivity index (χ1) is 16.6. The molecular formula is C28H29ClN4O2. The van der Waals surface area contributed by atoms with Gasteiger partial charge in [-0.25, -0.2) is 0 Å². The first-order valence-corrected chi connectivity index (χ1v) is 11.8. The Kier molecular flexibility index (Phi) is 6.70. The molecule has 2 amide bonds. The molecule has 1 aliphatic heterocycles. The Labute approximate surface area is 210 Å². The first-order valence-electron chi connectivity index (χ1n) is 11.5. The lowest BCUT2D eigenvalue weighted by Gasteiger charge is -2.32. The number of nitrogens with one attached hydrogen (secondary N) is 2. The van der Waals surface area contributed by atoms with Crippen LogP contribution >= 0.6 is 11.6 Å². The van der Waals surface area contributed by atoms with Gasteiger partial charge in [0.1, 0.15) is 0 Å². The quantitative estimate of drug-likeness (QED) is 0.385. The van der Waals surface area contributed by atoms with Gasteiger partial charge < -0.3 is 21.3 Å². The number of fused-ring (bicyclic) bond motifs is 1. The molecule has 0 aliphatic carbocycles. The van der Waals surface area contributed by atoms with Crippen LogP contribution < -0.4 is 21.3 Å². The zero-order valence-electron chi connectivity index (χ0n) is 20.2. The van der Waals surface area contributed by atoms with Crippen LogP contribution in [0.25, 0.3) is 11.3 Å². The van der Waals surface area contributed by atoms with E-state index in [9.17, 15) is 9.59 Å². The monoisotopic (exact) mass is 488 g/mol. The topological polar surface area (TPSA) is 87.5 Å². The number of amides is 2. The normalized spacial score (nSPS) is 14.4. The van der Waals surface area contributed by atoms with E-state index in [0.717, 1.165) is 22.5 Å². The number of halogens is 1. The van der Waals surface area contributed by atoms with Crippen molar-refractivity contribution in [2.45, 2.75) is 39.3 Å². The molecule has 0 saturated heterocycles. The van der Waals surface area contributed by atoms with Crippen molar-refractivity contribution in [2.24, 2.45) is 5.73 Å². The molecule has 1 aliphatic rings. The second-order valence-electron chi connectivity index (χ2n) is 9.42. The Hall–Kier alpha value is -3.61. The van der Waals surface area contributed by atoms with E-state index in [4.69, 9.17) is 17.3 Å². The van der Waals surface area contributed by atoms with Gasteiger partial charge in [0.15, 0.2) is 0 Å². The predicted molar refractivity (Wildman–Crippen MR) is 144 cm³/mol. The SMILES string of the molecule is CC(C)N(C(=O)C(C)(C)N)c1ccc(N/C(=C2\C(=O)Nc3cc(Cl)ccc32)c2ccccc2)cc1. The van der Waals surface area contributed by atoms with Gasteiger partial charge >= 0.3 is 0 Å². The number of carbonyl (C=O) groups is 2. The summed E-state index contributed by atoms with van der Waals surface area (Å²) in [4.78, 5) is 27.7. The molecule has 0 saturated carbocycles. The first kappa shape index (κ1) is 24.5. The van der Waals surface area contributed by atoms with Gasteiger partial charge in [-0.15, -0.1) is 0 Å². The van der Waals surface area contributed by atoms with Gasteiger partial charge in [-0.1, -0.05) is 48.0 Å². The van der Waals surface area contributed by atoms with E-state index in [1.165, 1.54) is 0 Å². The van der Waals surface area contributed by atoms with Gasteiger partial charge in [0.05, 0.1) is 22.5 Å². The molecule has 0 unspecified atom stereocenters. The number of anilines is 3. The van der Waals surface area contributed by atoms with Crippen LogP contribution in [0.15, 0.2) is 72.8 Å². The lowest BCUT2D eigenvalue weighted by molar-refractivity contribution is -0.123. The highest BCUT2D eigenvalue weighted by molar-refractivity contribution is 6.38. The van der Waals surface area contributed by atoms with E-state index in [2.05, 4.69) is 10.6 Å². The van der Waals surface area contributed by atoms with Crippen molar-refractivity contribution in [1.29, 1.82) is 0 Å². The van der Waals surface area contributed by atoms with Gasteiger partial charge in [0.2, 0.25) is 5.91 Å². The average Bonchev–Trinajstić information content (AvgIpc) is 3.12. The van der Waals surface area contributed by atoms with Crippen LogP contribution in [0.3, 0.4) is 0 Å². The van der Waals surface area contributed by atoms with Gasteiger partial charge in [0, 0.05) is 28.0 Å². The van der Waals surface area contributed by atoms with Crippen molar-refractivity contribution in [2.75, 3.05) is 15.5 Å². The minimum atomic E-state index is -0.988. The standard InChI is InChI=1S/C28H29ClN4O2/c1-17(2)33(27(35)28(3,4)30)21-13-11-20(12-14-21)31-25(18-8-6-5-7-9-18)24-22-15-10-19(29)16-23(22)32-26(24)34/h5-17,31H,30H2,1-4H3,(H,32,34)/b25-24-. The Morgan fingerprint density at radius 3 is 2.29 bits per heavy atom. The highest BCUT2D eigenvalue weighted by Gasteiger charge is 2.31. The Balaban J connectivity index is 1.74. The van der Waals surface area contributed by atoms with E-state index >= 15 is 0 Å². The maximum Gasteiger partial charge on any atom is 0.258 e. The van der Waals surface area contributed by atoms with E-state index < -0.39 is 5.54 Å². The van der Waals surface area contributed by atoms with E-state index in [1.807, 2.05) is 74.5 Å². The van der Waals surface area contributed by atoms with Crippen LogP contribution in [0.2, 0.25) is 5.02 Å². The van der Waals surface area contributed by atoms with Crippen LogP contribution in [0.1, 0.15) is 38.8 Å². The third-order valence-corrected chi connectivity index (χ3v) is 5.97. The molecule has 0 fully saturated rings. The van der Waals surface area contributed by atoms with Crippen molar-refractivity contribution in [3.8, 4) is 0 Å². The molecule has 0 radical (unpaired) electrons. The second-order valence-corrected chi connectivity index (χ2v) is 9.86. The lowest BCUT2D eigenvalue weighted by Crippen LogP contribution is -2.53. The number of rotatable bonds is 6. The molecule has 4 rings (SSSR count). The lowest BCUT2D eigenvalue weighted by atomic mass is 10.00. The van der Waals surface area contributed by atoms with Gasteiger partial charge in [-0.05, 0) is 69.7 Å². The van der Waals surface area contributed by atoms with Gasteiger partial charge in [-0.2, -0.15) is 0 Å². The summed E-state index contributed by atoms with van der Waals surface area (Å²) in [6.45, 7) is 7.32. The number of hydrogen-bond acceptors (Lipinski definition) is 4. The molecule has 0 atom stereocenters. The second kappa shape index (κ2) is 9.56. The summed E-state index contributed by atoms with van der Waals surface area (Å²) in [5.41, 5.74) is 10.2. The van der Waals surface area contributed by atoms with Gasteiger partial charge in [0.25, 0.3) is 5.91 Å². The number of hydrogen-bond donors (Lipinski definition) is 3. The highest BCUT2D eigenvalue weighted by Crippen LogP contribution is 2.39. The van der Waals surface area contributed by atoms with Gasteiger partial charge in [-0.3, -0.25) is 9.59 Å². The minimum Gasteiger partial charge on any atom is -0.354 e. The van der Waals surface area contributed by atoms with Crippen molar-refractivity contribution < 1.29 is 9.59 Å². The van der Waals surface area contributed by atoms with E-state index in [1.54, 1.807) is 30.9 Å². The molecule has 0 aromatic heterocycles. The van der Waals surface area contributed by atoms with Crippen LogP contribution in [0.5, 0.6) is 0 Å². The molecule has 3 aromatic carbocycles. The molecule has 0 spiro atoms. The van der Waals surface area contributed by atoms with Crippen LogP contribution in [-0.4, -0.2) is 23.4 Å². The fourth-order valence-corrected chi connectivity index (χ4v) is 4.26. The maximum absolute atomic E-state index is 13.0. The largest absolute Gasteiger partial charge is 0.354 e. The summed E-state index contributed by atoms with van der Waals surface area (Å²) in [6.07, 6.45) is 0. The maximum atomic E-state index is 13.0. The van der Waals surface area contributed by atoms with E-state index in [-0.39, 0.29) is 17.9 Å². The summed E-state index contributed by atoms with van der Waals surface area (Å²) in [6, 6.07) is 22.5. The number of nitrogens with two attached hydrogens (primary N) is 1. The summed E-state index contributed by atoms with van der Waals surface area (Å²) in [5, 5.41) is 6.90. The van der Waals surface area contributed by atoms with Crippen molar-refractivity contribution in [1.82, 2.24) is 0 Å². The predicted octanol–water partition coefficient (Wildman–Crippen LogP) is 5.75. The summed E-state index contributed by atoms with van der Waals surface area (Å²) < 4.78 is 0. The zero-order chi connectivity index (χ0) is 25.3. The molecule has 7 heteroatoms. The molecule has 1 heterocycles. The summed E-state index contributed by atoms with van der Waals surface area (Å²) in [5.74, 6) is -0.356. The molecule has 180 valence electrons. The molecule has 0 bridgehead atoms. The summed E-state index contributed by atoms with van der Waals surface area (Å²) >= 11 is 6.14. The molecule has 3 aromatic rings. The van der Waals surface area contributed by atoms with Crippen LogP contribution in [-0.2, 0) is 9.59 Å². The number of carbonyl (C=O) groups excluding carboxylic acids is 2. The number of nitrogens with zero attached hydrogens (tertiary/aromatic N) is 1. The zero-order valence-corrected chi connectivity index (χ0v) is 21.0. The van der Waals surface area contributed by atoms with Crippen molar-refractivity contribution in [3.63, 3.8) is 0 Å². The molecule has 6 nitrogen and oxygen atoms in total. The van der Waals surface area contributed by atoms with Crippen LogP contribution in [0, 0.1) is 0 Å². The molecular weight excluding hydrogens is 460 g/mol. The van der Waals surface area contributed by atoms with Crippen molar-refractivity contribution >= 4 is 51.7 Å². The summed E-state index contributed by atoms with van der Waals surface area (Å²) in [7, 11) is 0. The third kappa shape index (κ3) is 5.09. The molecule has 35 heavy (non-hydrogen) atoms. The third-order valence-electron chi connectivity index (χ3n) is 5.74. The Bertz CT molecular complexity index is 1290. The smallest absolute Gasteiger partial charge is 0.258 e. The number of benzene rings is 3. The fourth-order valence-electron chi connectivity index (χ4n) is 4.09. The van der Waals surface area contributed by atoms with E-state index in [0.29, 0.717) is 22.0 Å². The fraction of sp³-hybridized carbons (Fsp3) is 0.214.